The number of hydrogen-bond donors (Lipinski definition) is 0. The van der Waals surface area contributed by atoms with Gasteiger partial charge in [0.1, 0.15) is 0 Å². The number of amides is 1. The summed E-state index contributed by atoms with van der Waals surface area (Å²) >= 11 is 0. The summed E-state index contributed by atoms with van der Waals surface area (Å²) in [6.07, 6.45) is 13.3. The molecule has 1 aromatic rings. The summed E-state index contributed by atoms with van der Waals surface area (Å²) < 4.78 is 0. The van der Waals surface area contributed by atoms with Crippen molar-refractivity contribution in [2.75, 3.05) is 19.6 Å². The highest BCUT2D eigenvalue weighted by atomic mass is 16.2. The summed E-state index contributed by atoms with van der Waals surface area (Å²) in [4.78, 5) is 17.5. The Morgan fingerprint density at radius 1 is 1.07 bits per heavy atom. The lowest BCUT2D eigenvalue weighted by Crippen LogP contribution is -2.49. The molecule has 0 atom stereocenters. The third-order valence-corrected chi connectivity index (χ3v) is 6.56. The van der Waals surface area contributed by atoms with E-state index in [0.717, 1.165) is 25.9 Å². The monoisotopic (exact) mass is 382 g/mol. The summed E-state index contributed by atoms with van der Waals surface area (Å²) in [6.45, 7) is 9.01. The third kappa shape index (κ3) is 5.94. The first-order chi connectivity index (χ1) is 13.5. The van der Waals surface area contributed by atoms with Gasteiger partial charge in [0.05, 0.1) is 6.54 Å². The average Bonchev–Trinajstić information content (AvgIpc) is 2.72. The topological polar surface area (TPSA) is 23.6 Å². The third-order valence-electron chi connectivity index (χ3n) is 6.56. The van der Waals surface area contributed by atoms with E-state index >= 15 is 0 Å². The first kappa shape index (κ1) is 21.1. The normalized spacial score (nSPS) is 19.8. The molecule has 3 heteroatoms. The molecule has 1 aromatic carbocycles. The van der Waals surface area contributed by atoms with Crippen LogP contribution in [0.25, 0.3) is 6.08 Å². The van der Waals surface area contributed by atoms with E-state index in [1.165, 1.54) is 43.2 Å². The van der Waals surface area contributed by atoms with Crippen LogP contribution in [0.4, 0.5) is 0 Å². The van der Waals surface area contributed by atoms with Gasteiger partial charge in [0.2, 0.25) is 5.91 Å². The van der Waals surface area contributed by atoms with Crippen molar-refractivity contribution in [3.05, 3.63) is 41.5 Å². The van der Waals surface area contributed by atoms with Crippen molar-refractivity contribution in [3.8, 4) is 0 Å². The van der Waals surface area contributed by atoms with E-state index in [4.69, 9.17) is 0 Å². The van der Waals surface area contributed by atoms with Crippen molar-refractivity contribution in [2.45, 2.75) is 77.8 Å². The molecule has 0 radical (unpaired) electrons. The van der Waals surface area contributed by atoms with Gasteiger partial charge in [-0.05, 0) is 57.9 Å². The molecule has 1 aliphatic carbocycles. The van der Waals surface area contributed by atoms with Crippen molar-refractivity contribution >= 4 is 12.0 Å². The summed E-state index contributed by atoms with van der Waals surface area (Å²) in [5, 5.41) is 0. The number of carbonyl (C=O) groups excluding carboxylic acids is 1. The van der Waals surface area contributed by atoms with Crippen molar-refractivity contribution in [1.29, 1.82) is 0 Å². The highest BCUT2D eigenvalue weighted by Gasteiger charge is 2.28. The Labute approximate surface area is 171 Å². The predicted molar refractivity (Wildman–Crippen MR) is 118 cm³/mol. The number of benzene rings is 1. The highest BCUT2D eigenvalue weighted by molar-refractivity contribution is 5.78. The Morgan fingerprint density at radius 3 is 2.32 bits per heavy atom. The molecule has 1 saturated heterocycles. The maximum absolute atomic E-state index is 12.9. The quantitative estimate of drug-likeness (QED) is 0.667. The van der Waals surface area contributed by atoms with Crippen LogP contribution in [0.15, 0.2) is 30.3 Å². The lowest BCUT2D eigenvalue weighted by Gasteiger charge is -2.39. The van der Waals surface area contributed by atoms with E-state index in [1.54, 1.807) is 0 Å². The lowest BCUT2D eigenvalue weighted by atomic mass is 9.93. The van der Waals surface area contributed by atoms with E-state index in [2.05, 4.69) is 67.0 Å². The zero-order valence-corrected chi connectivity index (χ0v) is 18.1. The van der Waals surface area contributed by atoms with Crippen molar-refractivity contribution in [3.63, 3.8) is 0 Å². The van der Waals surface area contributed by atoms with Gasteiger partial charge in [-0.1, -0.05) is 61.2 Å². The molecular formula is C25H38N2O. The molecule has 0 N–H and O–H groups in total. The summed E-state index contributed by atoms with van der Waals surface area (Å²) in [5.41, 5.74) is 2.57. The zero-order chi connectivity index (χ0) is 19.9. The second-order valence-corrected chi connectivity index (χ2v) is 9.05. The van der Waals surface area contributed by atoms with Gasteiger partial charge in [-0.2, -0.15) is 0 Å². The Hall–Kier alpha value is -1.61. The summed E-state index contributed by atoms with van der Waals surface area (Å²) in [7, 11) is 0. The number of carbonyl (C=O) groups is 1. The van der Waals surface area contributed by atoms with E-state index in [-0.39, 0.29) is 0 Å². The van der Waals surface area contributed by atoms with Crippen molar-refractivity contribution in [2.24, 2.45) is 5.92 Å². The molecule has 2 aliphatic rings. The molecule has 0 bridgehead atoms. The standard InChI is InChI=1S/C25H38N2O/c1-20(2)27(24-7-5-4-6-8-24)19-25(28)26-17-15-23(16-18-26)14-13-22-11-9-21(3)10-12-22/h9-14,20,23-24H,4-8,15-19H2,1-3H3/b14-13+. The molecule has 3 rings (SSSR count). The maximum Gasteiger partial charge on any atom is 0.236 e. The van der Waals surface area contributed by atoms with Crippen LogP contribution in [0.2, 0.25) is 0 Å². The van der Waals surface area contributed by atoms with Gasteiger partial charge in [-0.3, -0.25) is 9.69 Å². The lowest BCUT2D eigenvalue weighted by molar-refractivity contribution is -0.135. The minimum Gasteiger partial charge on any atom is -0.342 e. The molecule has 2 fully saturated rings. The largest absolute Gasteiger partial charge is 0.342 e. The van der Waals surface area contributed by atoms with Crippen LogP contribution < -0.4 is 0 Å². The molecule has 1 aliphatic heterocycles. The fourth-order valence-corrected chi connectivity index (χ4v) is 4.67. The Kier molecular flexibility index (Phi) is 7.73. The van der Waals surface area contributed by atoms with Gasteiger partial charge in [-0.25, -0.2) is 0 Å². The summed E-state index contributed by atoms with van der Waals surface area (Å²) in [6, 6.07) is 9.73. The van der Waals surface area contributed by atoms with Crippen molar-refractivity contribution < 1.29 is 4.79 Å². The van der Waals surface area contributed by atoms with Gasteiger partial charge in [0.15, 0.2) is 0 Å². The number of allylic oxidation sites excluding steroid dienone is 1. The first-order valence-electron chi connectivity index (χ1n) is 11.3. The average molecular weight is 383 g/mol. The Morgan fingerprint density at radius 2 is 1.71 bits per heavy atom. The molecule has 1 amide bonds. The number of hydrogen-bond acceptors (Lipinski definition) is 2. The van der Waals surface area contributed by atoms with Gasteiger partial charge in [0, 0.05) is 25.2 Å². The van der Waals surface area contributed by atoms with Gasteiger partial charge in [0.25, 0.3) is 0 Å². The minimum atomic E-state index is 0.334. The number of aryl methyl sites for hydroxylation is 1. The van der Waals surface area contributed by atoms with Crippen LogP contribution in [0.3, 0.4) is 0 Å². The van der Waals surface area contributed by atoms with Crippen LogP contribution in [0.5, 0.6) is 0 Å². The van der Waals surface area contributed by atoms with Crippen LogP contribution in [-0.4, -0.2) is 47.4 Å². The molecule has 1 saturated carbocycles. The van der Waals surface area contributed by atoms with Gasteiger partial charge >= 0.3 is 0 Å². The molecule has 0 aromatic heterocycles. The van der Waals surface area contributed by atoms with Crippen LogP contribution >= 0.6 is 0 Å². The molecule has 28 heavy (non-hydrogen) atoms. The molecule has 1 heterocycles. The SMILES string of the molecule is Cc1ccc(/C=C/C2CCN(C(=O)CN(C(C)C)C3CCCCC3)CC2)cc1. The minimum absolute atomic E-state index is 0.334. The van der Waals surface area contributed by atoms with Crippen LogP contribution in [0.1, 0.15) is 69.9 Å². The first-order valence-corrected chi connectivity index (χ1v) is 11.3. The highest BCUT2D eigenvalue weighted by Crippen LogP contribution is 2.25. The second kappa shape index (κ2) is 10.2. The van der Waals surface area contributed by atoms with Crippen LogP contribution in [-0.2, 0) is 4.79 Å². The van der Waals surface area contributed by atoms with E-state index in [1.807, 2.05) is 0 Å². The smallest absolute Gasteiger partial charge is 0.236 e. The molecule has 0 unspecified atom stereocenters. The summed E-state index contributed by atoms with van der Waals surface area (Å²) in [5.74, 6) is 0.921. The zero-order valence-electron chi connectivity index (χ0n) is 18.1. The Bertz CT molecular complexity index is 635. The van der Waals surface area contributed by atoms with Crippen molar-refractivity contribution in [1.82, 2.24) is 9.80 Å². The van der Waals surface area contributed by atoms with Gasteiger partial charge in [-0.15, -0.1) is 0 Å². The van der Waals surface area contributed by atoms with E-state index in [9.17, 15) is 4.79 Å². The molecule has 154 valence electrons. The second-order valence-electron chi connectivity index (χ2n) is 9.05. The van der Waals surface area contributed by atoms with E-state index < -0.39 is 0 Å². The maximum atomic E-state index is 12.9. The number of piperidine rings is 1. The number of likely N-dealkylation sites (tertiary alicyclic amines) is 1. The Balaban J connectivity index is 1.48. The molecular weight excluding hydrogens is 344 g/mol. The molecule has 0 spiro atoms. The fraction of sp³-hybridized carbons (Fsp3) is 0.640. The molecule has 3 nitrogen and oxygen atoms in total. The van der Waals surface area contributed by atoms with E-state index in [0.29, 0.717) is 30.5 Å². The number of nitrogens with zero attached hydrogens (tertiary/aromatic N) is 2. The van der Waals surface area contributed by atoms with Crippen LogP contribution in [0, 0.1) is 12.8 Å². The van der Waals surface area contributed by atoms with Gasteiger partial charge < -0.3 is 4.90 Å². The number of rotatable bonds is 6. The fourth-order valence-electron chi connectivity index (χ4n) is 4.67. The predicted octanol–water partition coefficient (Wildman–Crippen LogP) is 5.29.